The maximum Gasteiger partial charge on any atom is 0.310 e. The average Bonchev–Trinajstić information content (AvgIpc) is 2.43. The van der Waals surface area contributed by atoms with Crippen LogP contribution in [-0.4, -0.2) is 16.0 Å². The van der Waals surface area contributed by atoms with Gasteiger partial charge in [0.05, 0.1) is 9.34 Å². The predicted molar refractivity (Wildman–Crippen MR) is 63.4 cm³/mol. The molecule has 0 saturated carbocycles. The molecule has 0 radical (unpaired) electrons. The number of hydrogen-bond donors (Lipinski definition) is 0. The molecule has 3 atom stereocenters. The summed E-state index contributed by atoms with van der Waals surface area (Å²) in [7, 11) is 0. The maximum absolute atomic E-state index is 11.6. The topological polar surface area (TPSA) is 26.3 Å². The van der Waals surface area contributed by atoms with Crippen LogP contribution in [0.1, 0.15) is 27.2 Å². The molecule has 0 N–H and O–H groups in total. The van der Waals surface area contributed by atoms with E-state index in [4.69, 9.17) is 4.74 Å². The number of ether oxygens (including phenoxy) is 1. The standard InChI is InChI=1S/C11H15IO2/c1-6-4-9-10(13)14-5-11(9,12)8(3)7(6)2/h8-9H,4-5H2,1-3H3/t8-,9+,11?/m1/s1. The Morgan fingerprint density at radius 2 is 2.14 bits per heavy atom. The van der Waals surface area contributed by atoms with E-state index in [2.05, 4.69) is 43.4 Å². The molecule has 1 saturated heterocycles. The number of halogens is 1. The van der Waals surface area contributed by atoms with Gasteiger partial charge in [-0.1, -0.05) is 40.7 Å². The van der Waals surface area contributed by atoms with Gasteiger partial charge < -0.3 is 4.74 Å². The van der Waals surface area contributed by atoms with Gasteiger partial charge in [-0.15, -0.1) is 0 Å². The Balaban J connectivity index is 2.43. The fraction of sp³-hybridized carbons (Fsp3) is 0.727. The van der Waals surface area contributed by atoms with Crippen LogP contribution in [0.3, 0.4) is 0 Å². The number of carbonyl (C=O) groups is 1. The van der Waals surface area contributed by atoms with Crippen LogP contribution < -0.4 is 0 Å². The summed E-state index contributed by atoms with van der Waals surface area (Å²) in [6, 6.07) is 0. The smallest absolute Gasteiger partial charge is 0.310 e. The van der Waals surface area contributed by atoms with E-state index in [1.165, 1.54) is 11.1 Å². The van der Waals surface area contributed by atoms with Crippen LogP contribution in [-0.2, 0) is 9.53 Å². The molecule has 0 aromatic rings. The minimum Gasteiger partial charge on any atom is -0.464 e. The molecule has 1 fully saturated rings. The highest BCUT2D eigenvalue weighted by Crippen LogP contribution is 2.51. The molecular weight excluding hydrogens is 291 g/mol. The van der Waals surface area contributed by atoms with Gasteiger partial charge >= 0.3 is 5.97 Å². The highest BCUT2D eigenvalue weighted by molar-refractivity contribution is 14.1. The predicted octanol–water partition coefficient (Wildman–Crippen LogP) is 2.71. The van der Waals surface area contributed by atoms with E-state index in [9.17, 15) is 4.79 Å². The highest BCUT2D eigenvalue weighted by Gasteiger charge is 2.54. The summed E-state index contributed by atoms with van der Waals surface area (Å²) in [5.74, 6) is 0.535. The molecule has 0 amide bonds. The number of hydrogen-bond acceptors (Lipinski definition) is 2. The molecular formula is C11H15IO2. The number of cyclic esters (lactones) is 1. The van der Waals surface area contributed by atoms with Gasteiger partial charge in [-0.3, -0.25) is 4.79 Å². The summed E-state index contributed by atoms with van der Waals surface area (Å²) >= 11 is 2.43. The van der Waals surface area contributed by atoms with Gasteiger partial charge in [-0.2, -0.15) is 0 Å². The molecule has 0 spiro atoms. The molecule has 1 unspecified atom stereocenters. The van der Waals surface area contributed by atoms with E-state index in [-0.39, 0.29) is 15.3 Å². The third-order valence-corrected chi connectivity index (χ3v) is 5.85. The van der Waals surface area contributed by atoms with Crippen LogP contribution in [0.5, 0.6) is 0 Å². The third kappa shape index (κ3) is 1.24. The van der Waals surface area contributed by atoms with Gasteiger partial charge in [0, 0.05) is 0 Å². The zero-order chi connectivity index (χ0) is 10.5. The zero-order valence-corrected chi connectivity index (χ0v) is 10.9. The van der Waals surface area contributed by atoms with Crippen LogP contribution in [0.2, 0.25) is 0 Å². The normalized spacial score (nSPS) is 42.4. The number of allylic oxidation sites excluding steroid dienone is 2. The Labute approximate surface area is 98.2 Å². The van der Waals surface area contributed by atoms with Crippen LogP contribution in [0.4, 0.5) is 0 Å². The minimum atomic E-state index is -0.00176. The Hall–Kier alpha value is -0.0600. The summed E-state index contributed by atoms with van der Waals surface area (Å²) in [4.78, 5) is 11.6. The first kappa shape index (κ1) is 10.5. The summed E-state index contributed by atoms with van der Waals surface area (Å²) in [5, 5.41) is 0. The van der Waals surface area contributed by atoms with Crippen molar-refractivity contribution in [1.82, 2.24) is 0 Å². The lowest BCUT2D eigenvalue weighted by Gasteiger charge is -2.38. The summed E-state index contributed by atoms with van der Waals surface area (Å²) in [6.45, 7) is 7.11. The average molecular weight is 306 g/mol. The number of rotatable bonds is 0. The SMILES string of the molecule is CC1=C(C)[C@@H](C)C2(I)COC(=O)[C@@H]2C1. The molecule has 2 aliphatic rings. The van der Waals surface area contributed by atoms with E-state index in [0.29, 0.717) is 12.5 Å². The summed E-state index contributed by atoms with van der Waals surface area (Å²) < 4.78 is 5.21. The van der Waals surface area contributed by atoms with E-state index >= 15 is 0 Å². The van der Waals surface area contributed by atoms with Crippen molar-refractivity contribution in [3.05, 3.63) is 11.1 Å². The third-order valence-electron chi connectivity index (χ3n) is 3.85. The first-order valence-electron chi connectivity index (χ1n) is 4.98. The number of carbonyl (C=O) groups excluding carboxylic acids is 1. The number of fused-ring (bicyclic) bond motifs is 1. The van der Waals surface area contributed by atoms with Gasteiger partial charge in [0.1, 0.15) is 6.61 Å². The maximum atomic E-state index is 11.6. The largest absolute Gasteiger partial charge is 0.464 e. The lowest BCUT2D eigenvalue weighted by molar-refractivity contribution is -0.141. The molecule has 1 aliphatic carbocycles. The fourth-order valence-electron chi connectivity index (χ4n) is 2.46. The van der Waals surface area contributed by atoms with E-state index < -0.39 is 0 Å². The molecule has 1 aliphatic heterocycles. The zero-order valence-electron chi connectivity index (χ0n) is 8.76. The monoisotopic (exact) mass is 306 g/mol. The second-order valence-corrected chi connectivity index (χ2v) is 6.48. The molecule has 0 aromatic heterocycles. The molecule has 14 heavy (non-hydrogen) atoms. The molecule has 1 heterocycles. The van der Waals surface area contributed by atoms with Gasteiger partial charge in [0.25, 0.3) is 0 Å². The Bertz CT molecular complexity index is 321. The number of alkyl halides is 1. The van der Waals surface area contributed by atoms with Crippen LogP contribution in [0.15, 0.2) is 11.1 Å². The lowest BCUT2D eigenvalue weighted by Crippen LogP contribution is -2.42. The van der Waals surface area contributed by atoms with Crippen molar-refractivity contribution in [2.75, 3.05) is 6.61 Å². The lowest BCUT2D eigenvalue weighted by atomic mass is 9.72. The second-order valence-electron chi connectivity index (χ2n) is 4.48. The fourth-order valence-corrected chi connectivity index (χ4v) is 3.55. The van der Waals surface area contributed by atoms with Gasteiger partial charge in [0.2, 0.25) is 0 Å². The molecule has 3 heteroatoms. The van der Waals surface area contributed by atoms with Crippen molar-refractivity contribution in [1.29, 1.82) is 0 Å². The van der Waals surface area contributed by atoms with Crippen molar-refractivity contribution in [3.8, 4) is 0 Å². The van der Waals surface area contributed by atoms with Crippen LogP contribution in [0.25, 0.3) is 0 Å². The molecule has 0 aromatic carbocycles. The Morgan fingerprint density at radius 1 is 1.50 bits per heavy atom. The van der Waals surface area contributed by atoms with E-state index in [0.717, 1.165) is 6.42 Å². The van der Waals surface area contributed by atoms with E-state index in [1.807, 2.05) is 0 Å². The van der Waals surface area contributed by atoms with Crippen LogP contribution >= 0.6 is 22.6 Å². The highest BCUT2D eigenvalue weighted by atomic mass is 127. The summed E-state index contributed by atoms with van der Waals surface area (Å²) in [6.07, 6.45) is 0.887. The quantitative estimate of drug-likeness (QED) is 0.298. The first-order chi connectivity index (χ1) is 6.47. The van der Waals surface area contributed by atoms with Crippen molar-refractivity contribution in [3.63, 3.8) is 0 Å². The van der Waals surface area contributed by atoms with E-state index in [1.54, 1.807) is 0 Å². The first-order valence-corrected chi connectivity index (χ1v) is 6.06. The van der Waals surface area contributed by atoms with Crippen molar-refractivity contribution in [2.45, 2.75) is 30.6 Å². The van der Waals surface area contributed by atoms with Crippen LogP contribution in [0, 0.1) is 11.8 Å². The van der Waals surface area contributed by atoms with Crippen molar-refractivity contribution >= 4 is 28.6 Å². The summed E-state index contributed by atoms with van der Waals surface area (Å²) in [5.41, 5.74) is 2.81. The second kappa shape index (κ2) is 3.22. The van der Waals surface area contributed by atoms with Crippen molar-refractivity contribution < 1.29 is 9.53 Å². The van der Waals surface area contributed by atoms with Gasteiger partial charge in [-0.25, -0.2) is 0 Å². The molecule has 2 nitrogen and oxygen atoms in total. The van der Waals surface area contributed by atoms with Gasteiger partial charge in [0.15, 0.2) is 0 Å². The minimum absolute atomic E-state index is 0.00176. The number of esters is 1. The van der Waals surface area contributed by atoms with Crippen molar-refractivity contribution in [2.24, 2.45) is 11.8 Å². The Morgan fingerprint density at radius 3 is 2.79 bits per heavy atom. The molecule has 78 valence electrons. The molecule has 2 rings (SSSR count). The van der Waals surface area contributed by atoms with Gasteiger partial charge in [-0.05, 0) is 26.2 Å². The molecule has 0 bridgehead atoms. The Kier molecular flexibility index (Phi) is 2.40.